The molecule has 0 bridgehead atoms. The van der Waals surface area contributed by atoms with Gasteiger partial charge in [0.15, 0.2) is 0 Å². The molecule has 0 radical (unpaired) electrons. The smallest absolute Gasteiger partial charge is 0.227 e. The van der Waals surface area contributed by atoms with E-state index in [1.165, 1.54) is 12.1 Å². The molecule has 3 rings (SSSR count). The van der Waals surface area contributed by atoms with E-state index in [0.29, 0.717) is 31.6 Å². The molecule has 25 heavy (non-hydrogen) atoms. The lowest BCUT2D eigenvalue weighted by molar-refractivity contribution is -0.135. The third-order valence-electron chi connectivity index (χ3n) is 4.78. The molecule has 0 saturated carbocycles. The van der Waals surface area contributed by atoms with Crippen LogP contribution in [0.1, 0.15) is 29.7 Å². The second-order valence-corrected chi connectivity index (χ2v) is 6.87. The average molecular weight is 363 g/mol. The van der Waals surface area contributed by atoms with E-state index < -0.39 is 11.4 Å². The molecule has 0 aliphatic carbocycles. The number of aromatic nitrogens is 1. The number of halogens is 2. The first-order valence-corrected chi connectivity index (χ1v) is 8.64. The molecule has 4 nitrogen and oxygen atoms in total. The fourth-order valence-electron chi connectivity index (χ4n) is 3.30. The van der Waals surface area contributed by atoms with E-state index in [1.54, 1.807) is 17.2 Å². The molecule has 1 aromatic heterocycles. The Kier molecular flexibility index (Phi) is 5.06. The lowest BCUT2D eigenvalue weighted by atomic mass is 9.85. The fourth-order valence-corrected chi connectivity index (χ4v) is 3.53. The third kappa shape index (κ3) is 3.67. The Balaban J connectivity index is 1.68. The number of nitrogens with zero attached hydrogens (tertiary/aromatic N) is 2. The standard InChI is InChI=1S/C19H20ClFN2O2/c1-13-4-3-9-22-18(13)19(25)7-10-23(11-8-19)17(24)12-14-15(20)5-2-6-16(14)21/h2-6,9,25H,7-8,10-12H2,1H3. The van der Waals surface area contributed by atoms with Crippen LogP contribution < -0.4 is 0 Å². The van der Waals surface area contributed by atoms with E-state index in [1.807, 2.05) is 19.1 Å². The summed E-state index contributed by atoms with van der Waals surface area (Å²) < 4.78 is 13.9. The number of pyridine rings is 1. The molecule has 1 fully saturated rings. The third-order valence-corrected chi connectivity index (χ3v) is 5.14. The molecule has 1 amide bonds. The number of likely N-dealkylation sites (tertiary alicyclic amines) is 1. The van der Waals surface area contributed by atoms with Gasteiger partial charge >= 0.3 is 0 Å². The Morgan fingerprint density at radius 1 is 1.32 bits per heavy atom. The van der Waals surface area contributed by atoms with Crippen molar-refractivity contribution in [3.05, 3.63) is 64.2 Å². The number of carbonyl (C=O) groups is 1. The van der Waals surface area contributed by atoms with Crippen molar-refractivity contribution in [2.75, 3.05) is 13.1 Å². The first-order valence-electron chi connectivity index (χ1n) is 8.26. The molecule has 2 aromatic rings. The van der Waals surface area contributed by atoms with E-state index in [0.717, 1.165) is 5.56 Å². The van der Waals surface area contributed by atoms with Gasteiger partial charge in [0.05, 0.1) is 12.1 Å². The van der Waals surface area contributed by atoms with Gasteiger partial charge in [0.1, 0.15) is 11.4 Å². The summed E-state index contributed by atoms with van der Waals surface area (Å²) in [5, 5.41) is 11.2. The highest BCUT2D eigenvalue weighted by atomic mass is 35.5. The van der Waals surface area contributed by atoms with Crippen LogP contribution in [0.15, 0.2) is 36.5 Å². The zero-order valence-corrected chi connectivity index (χ0v) is 14.8. The van der Waals surface area contributed by atoms with Crippen molar-refractivity contribution in [2.24, 2.45) is 0 Å². The number of hydrogen-bond acceptors (Lipinski definition) is 3. The van der Waals surface area contributed by atoms with Gasteiger partial charge in [0, 0.05) is 29.9 Å². The second-order valence-electron chi connectivity index (χ2n) is 6.46. The molecule has 1 N–H and O–H groups in total. The topological polar surface area (TPSA) is 53.4 Å². The Labute approximate surface area is 151 Å². The normalized spacial score (nSPS) is 16.7. The van der Waals surface area contributed by atoms with Crippen molar-refractivity contribution in [1.82, 2.24) is 9.88 Å². The largest absolute Gasteiger partial charge is 0.383 e. The molecule has 0 unspecified atom stereocenters. The molecule has 1 aromatic carbocycles. The summed E-state index contributed by atoms with van der Waals surface area (Å²) >= 11 is 6.00. The van der Waals surface area contributed by atoms with Crippen LogP contribution in [0, 0.1) is 12.7 Å². The fraction of sp³-hybridized carbons (Fsp3) is 0.368. The van der Waals surface area contributed by atoms with E-state index in [2.05, 4.69) is 4.98 Å². The number of aryl methyl sites for hydroxylation is 1. The van der Waals surface area contributed by atoms with Crippen molar-refractivity contribution < 1.29 is 14.3 Å². The van der Waals surface area contributed by atoms with Gasteiger partial charge in [-0.1, -0.05) is 23.7 Å². The highest BCUT2D eigenvalue weighted by molar-refractivity contribution is 6.31. The minimum Gasteiger partial charge on any atom is -0.383 e. The van der Waals surface area contributed by atoms with Crippen molar-refractivity contribution >= 4 is 17.5 Å². The molecule has 132 valence electrons. The zero-order chi connectivity index (χ0) is 18.0. The van der Waals surface area contributed by atoms with Crippen molar-refractivity contribution in [2.45, 2.75) is 31.8 Å². The number of piperidine rings is 1. The Morgan fingerprint density at radius 2 is 2.04 bits per heavy atom. The summed E-state index contributed by atoms with van der Waals surface area (Å²) in [6.45, 7) is 2.72. The molecular weight excluding hydrogens is 343 g/mol. The predicted molar refractivity (Wildman–Crippen MR) is 93.8 cm³/mol. The van der Waals surface area contributed by atoms with Crippen LogP contribution in [0.2, 0.25) is 5.02 Å². The highest BCUT2D eigenvalue weighted by Gasteiger charge is 2.37. The number of carbonyl (C=O) groups excluding carboxylic acids is 1. The van der Waals surface area contributed by atoms with Gasteiger partial charge in [-0.3, -0.25) is 9.78 Å². The van der Waals surface area contributed by atoms with Gasteiger partial charge in [-0.2, -0.15) is 0 Å². The van der Waals surface area contributed by atoms with Gasteiger partial charge in [-0.15, -0.1) is 0 Å². The van der Waals surface area contributed by atoms with Crippen LogP contribution >= 0.6 is 11.6 Å². The predicted octanol–water partition coefficient (Wildman–Crippen LogP) is 3.24. The summed E-state index contributed by atoms with van der Waals surface area (Å²) in [7, 11) is 0. The zero-order valence-electron chi connectivity index (χ0n) is 14.0. The summed E-state index contributed by atoms with van der Waals surface area (Å²) in [5.41, 5.74) is 0.787. The van der Waals surface area contributed by atoms with E-state index in [4.69, 9.17) is 11.6 Å². The van der Waals surface area contributed by atoms with Crippen molar-refractivity contribution in [3.63, 3.8) is 0 Å². The number of aliphatic hydroxyl groups is 1. The van der Waals surface area contributed by atoms with Gasteiger partial charge in [-0.05, 0) is 43.5 Å². The minimum absolute atomic E-state index is 0.0768. The van der Waals surface area contributed by atoms with Crippen LogP contribution in [0.3, 0.4) is 0 Å². The van der Waals surface area contributed by atoms with Gasteiger partial charge in [0.2, 0.25) is 5.91 Å². The number of hydrogen-bond donors (Lipinski definition) is 1. The molecule has 0 atom stereocenters. The number of rotatable bonds is 3. The maximum Gasteiger partial charge on any atom is 0.227 e. The van der Waals surface area contributed by atoms with Gasteiger partial charge < -0.3 is 10.0 Å². The molecular formula is C19H20ClFN2O2. The highest BCUT2D eigenvalue weighted by Crippen LogP contribution is 2.33. The van der Waals surface area contributed by atoms with Crippen molar-refractivity contribution in [3.8, 4) is 0 Å². The maximum absolute atomic E-state index is 13.9. The lowest BCUT2D eigenvalue weighted by Gasteiger charge is -2.38. The van der Waals surface area contributed by atoms with E-state index in [-0.39, 0.29) is 22.9 Å². The monoisotopic (exact) mass is 362 g/mol. The molecule has 1 aliphatic rings. The Morgan fingerprint density at radius 3 is 2.68 bits per heavy atom. The molecule has 6 heteroatoms. The molecule has 0 spiro atoms. The quantitative estimate of drug-likeness (QED) is 0.912. The summed E-state index contributed by atoms with van der Waals surface area (Å²) in [6.07, 6.45) is 2.40. The van der Waals surface area contributed by atoms with Crippen LogP contribution in [0.4, 0.5) is 4.39 Å². The van der Waals surface area contributed by atoms with Crippen LogP contribution in [0.25, 0.3) is 0 Å². The Bertz CT molecular complexity index is 768. The number of benzene rings is 1. The molecule has 1 saturated heterocycles. The van der Waals surface area contributed by atoms with Gasteiger partial charge in [0.25, 0.3) is 0 Å². The molecule has 2 heterocycles. The van der Waals surface area contributed by atoms with Crippen molar-refractivity contribution in [1.29, 1.82) is 0 Å². The first-order chi connectivity index (χ1) is 11.9. The average Bonchev–Trinajstić information content (AvgIpc) is 2.59. The number of amides is 1. The summed E-state index contributed by atoms with van der Waals surface area (Å²) in [6, 6.07) is 8.14. The summed E-state index contributed by atoms with van der Waals surface area (Å²) in [5.74, 6) is -0.662. The second kappa shape index (κ2) is 7.10. The van der Waals surface area contributed by atoms with E-state index >= 15 is 0 Å². The maximum atomic E-state index is 13.9. The van der Waals surface area contributed by atoms with Crippen LogP contribution in [-0.4, -0.2) is 34.0 Å². The van der Waals surface area contributed by atoms with Crippen LogP contribution in [-0.2, 0) is 16.8 Å². The van der Waals surface area contributed by atoms with E-state index in [9.17, 15) is 14.3 Å². The minimum atomic E-state index is -1.03. The Hall–Kier alpha value is -1.98. The first kappa shape index (κ1) is 17.8. The van der Waals surface area contributed by atoms with Crippen LogP contribution in [0.5, 0.6) is 0 Å². The van der Waals surface area contributed by atoms with Gasteiger partial charge in [-0.25, -0.2) is 4.39 Å². The lowest BCUT2D eigenvalue weighted by Crippen LogP contribution is -2.46. The molecule has 1 aliphatic heterocycles. The SMILES string of the molecule is Cc1cccnc1C1(O)CCN(C(=O)Cc2c(F)cccc2Cl)CC1. The summed E-state index contributed by atoms with van der Waals surface area (Å²) in [4.78, 5) is 18.5.